The number of aryl methyl sites for hydroxylation is 1. The molecule has 2 unspecified atom stereocenters. The quantitative estimate of drug-likeness (QED) is 0.724. The van der Waals surface area contributed by atoms with Crippen molar-refractivity contribution in [3.8, 4) is 0 Å². The summed E-state index contributed by atoms with van der Waals surface area (Å²) in [5.41, 5.74) is 1.75. The third-order valence-electron chi connectivity index (χ3n) is 3.42. The SMILES string of the molecule is CCn1cc(CC2(C)CCC(Cl)C2)cn1. The van der Waals surface area contributed by atoms with Crippen LogP contribution in [0.1, 0.15) is 38.7 Å². The van der Waals surface area contributed by atoms with Crippen LogP contribution < -0.4 is 0 Å². The lowest BCUT2D eigenvalue weighted by atomic mass is 9.83. The van der Waals surface area contributed by atoms with E-state index in [2.05, 4.69) is 25.1 Å². The average Bonchev–Trinajstić information content (AvgIpc) is 2.74. The summed E-state index contributed by atoms with van der Waals surface area (Å²) in [7, 11) is 0. The van der Waals surface area contributed by atoms with Crippen LogP contribution in [0.3, 0.4) is 0 Å². The van der Waals surface area contributed by atoms with Crippen molar-refractivity contribution in [2.24, 2.45) is 5.41 Å². The highest BCUT2D eigenvalue weighted by Gasteiger charge is 2.34. The van der Waals surface area contributed by atoms with E-state index in [1.807, 2.05) is 10.9 Å². The van der Waals surface area contributed by atoms with Crippen LogP contribution in [-0.2, 0) is 13.0 Å². The fourth-order valence-corrected chi connectivity index (χ4v) is 3.05. The Morgan fingerprint density at radius 1 is 1.67 bits per heavy atom. The van der Waals surface area contributed by atoms with Gasteiger partial charge in [0, 0.05) is 18.1 Å². The number of alkyl halides is 1. The Morgan fingerprint density at radius 2 is 2.47 bits per heavy atom. The number of hydrogen-bond donors (Lipinski definition) is 0. The summed E-state index contributed by atoms with van der Waals surface area (Å²) < 4.78 is 1.99. The van der Waals surface area contributed by atoms with E-state index in [1.54, 1.807) is 0 Å². The van der Waals surface area contributed by atoms with Crippen molar-refractivity contribution >= 4 is 11.6 Å². The highest BCUT2D eigenvalue weighted by Crippen LogP contribution is 2.42. The molecule has 0 aromatic carbocycles. The predicted octanol–water partition coefficient (Wildman–Crippen LogP) is 3.24. The van der Waals surface area contributed by atoms with Crippen molar-refractivity contribution in [3.63, 3.8) is 0 Å². The van der Waals surface area contributed by atoms with Gasteiger partial charge in [-0.25, -0.2) is 0 Å². The molecule has 15 heavy (non-hydrogen) atoms. The molecule has 1 heterocycles. The number of rotatable bonds is 3. The van der Waals surface area contributed by atoms with E-state index in [1.165, 1.54) is 18.4 Å². The monoisotopic (exact) mass is 226 g/mol. The molecule has 1 fully saturated rings. The maximum Gasteiger partial charge on any atom is 0.0521 e. The smallest absolute Gasteiger partial charge is 0.0521 e. The van der Waals surface area contributed by atoms with Gasteiger partial charge < -0.3 is 0 Å². The van der Waals surface area contributed by atoms with Gasteiger partial charge in [0.2, 0.25) is 0 Å². The minimum Gasteiger partial charge on any atom is -0.273 e. The van der Waals surface area contributed by atoms with E-state index in [4.69, 9.17) is 11.6 Å². The van der Waals surface area contributed by atoms with E-state index < -0.39 is 0 Å². The second-order valence-electron chi connectivity index (χ2n) is 5.03. The van der Waals surface area contributed by atoms with Crippen LogP contribution in [-0.4, -0.2) is 15.2 Å². The Labute approximate surface area is 96.6 Å². The summed E-state index contributed by atoms with van der Waals surface area (Å²) in [4.78, 5) is 0. The minimum atomic E-state index is 0.385. The summed E-state index contributed by atoms with van der Waals surface area (Å²) in [5.74, 6) is 0. The molecule has 1 saturated carbocycles. The average molecular weight is 227 g/mol. The van der Waals surface area contributed by atoms with Gasteiger partial charge in [-0.1, -0.05) is 6.92 Å². The molecule has 1 aromatic heterocycles. The Kier molecular flexibility index (Phi) is 3.06. The van der Waals surface area contributed by atoms with Crippen LogP contribution in [0.4, 0.5) is 0 Å². The van der Waals surface area contributed by atoms with E-state index >= 15 is 0 Å². The molecule has 3 heteroatoms. The fraction of sp³-hybridized carbons (Fsp3) is 0.750. The molecule has 0 saturated heterocycles. The number of aromatic nitrogens is 2. The van der Waals surface area contributed by atoms with Gasteiger partial charge in [-0.15, -0.1) is 11.6 Å². The van der Waals surface area contributed by atoms with Gasteiger partial charge in [0.25, 0.3) is 0 Å². The number of halogens is 1. The first-order valence-corrected chi connectivity index (χ1v) is 6.20. The first kappa shape index (κ1) is 11.0. The Hall–Kier alpha value is -0.500. The fourth-order valence-electron chi connectivity index (χ4n) is 2.57. The maximum atomic E-state index is 6.17. The highest BCUT2D eigenvalue weighted by atomic mass is 35.5. The maximum absolute atomic E-state index is 6.17. The lowest BCUT2D eigenvalue weighted by molar-refractivity contribution is 0.335. The standard InChI is InChI=1S/C12H19ClN2/c1-3-15-9-10(8-14-15)6-12(2)5-4-11(13)7-12/h8-9,11H,3-7H2,1-2H3. The molecule has 84 valence electrons. The Bertz CT molecular complexity index is 334. The number of nitrogens with zero attached hydrogens (tertiary/aromatic N) is 2. The molecule has 1 aromatic rings. The second kappa shape index (κ2) is 4.17. The summed E-state index contributed by atoms with van der Waals surface area (Å²) in [6, 6.07) is 0. The van der Waals surface area contributed by atoms with Gasteiger partial charge in [-0.3, -0.25) is 4.68 Å². The first-order valence-electron chi connectivity index (χ1n) is 5.77. The lowest BCUT2D eigenvalue weighted by Gasteiger charge is -2.22. The molecule has 0 spiro atoms. The van der Waals surface area contributed by atoms with Crippen molar-refractivity contribution in [1.29, 1.82) is 0 Å². The molecule has 2 atom stereocenters. The van der Waals surface area contributed by atoms with Crippen LogP contribution in [0.15, 0.2) is 12.4 Å². The normalized spacial score (nSPS) is 31.0. The summed E-state index contributed by atoms with van der Waals surface area (Å²) in [6.07, 6.45) is 8.84. The van der Waals surface area contributed by atoms with Crippen LogP contribution in [0.25, 0.3) is 0 Å². The van der Waals surface area contributed by atoms with E-state index in [9.17, 15) is 0 Å². The molecule has 1 aliphatic carbocycles. The zero-order valence-electron chi connectivity index (χ0n) is 9.54. The zero-order chi connectivity index (χ0) is 10.9. The largest absolute Gasteiger partial charge is 0.273 e. The third kappa shape index (κ3) is 2.54. The Balaban J connectivity index is 2.02. The van der Waals surface area contributed by atoms with E-state index in [0.29, 0.717) is 10.8 Å². The van der Waals surface area contributed by atoms with Gasteiger partial charge in [0.15, 0.2) is 0 Å². The minimum absolute atomic E-state index is 0.385. The van der Waals surface area contributed by atoms with Gasteiger partial charge in [0.05, 0.1) is 6.20 Å². The predicted molar refractivity (Wildman–Crippen MR) is 63.2 cm³/mol. The molecule has 2 nitrogen and oxygen atoms in total. The van der Waals surface area contributed by atoms with Crippen molar-refractivity contribution < 1.29 is 0 Å². The molecule has 0 N–H and O–H groups in total. The van der Waals surface area contributed by atoms with E-state index in [-0.39, 0.29) is 0 Å². The molecule has 0 amide bonds. The zero-order valence-corrected chi connectivity index (χ0v) is 10.3. The topological polar surface area (TPSA) is 17.8 Å². The second-order valence-corrected chi connectivity index (χ2v) is 5.65. The first-order chi connectivity index (χ1) is 7.11. The van der Waals surface area contributed by atoms with Crippen LogP contribution in [0.5, 0.6) is 0 Å². The van der Waals surface area contributed by atoms with Gasteiger partial charge in [0.1, 0.15) is 0 Å². The van der Waals surface area contributed by atoms with Crippen LogP contribution >= 0.6 is 11.6 Å². The van der Waals surface area contributed by atoms with Crippen molar-refractivity contribution in [2.45, 2.75) is 51.5 Å². The van der Waals surface area contributed by atoms with Crippen LogP contribution in [0, 0.1) is 5.41 Å². The molecule has 1 aliphatic rings. The number of hydrogen-bond acceptors (Lipinski definition) is 1. The van der Waals surface area contributed by atoms with Gasteiger partial charge in [-0.05, 0) is 43.6 Å². The highest BCUT2D eigenvalue weighted by molar-refractivity contribution is 6.20. The van der Waals surface area contributed by atoms with Crippen molar-refractivity contribution in [2.75, 3.05) is 0 Å². The molecule has 2 rings (SSSR count). The van der Waals surface area contributed by atoms with Crippen molar-refractivity contribution in [1.82, 2.24) is 9.78 Å². The third-order valence-corrected chi connectivity index (χ3v) is 3.79. The Morgan fingerprint density at radius 3 is 3.00 bits per heavy atom. The lowest BCUT2D eigenvalue weighted by Crippen LogP contribution is -2.15. The molecular weight excluding hydrogens is 208 g/mol. The van der Waals surface area contributed by atoms with Gasteiger partial charge >= 0.3 is 0 Å². The molecule has 0 bridgehead atoms. The van der Waals surface area contributed by atoms with Gasteiger partial charge in [-0.2, -0.15) is 5.10 Å². The molecule has 0 radical (unpaired) electrons. The van der Waals surface area contributed by atoms with Crippen LogP contribution in [0.2, 0.25) is 0 Å². The summed E-state index contributed by atoms with van der Waals surface area (Å²) in [5, 5.41) is 4.70. The molecular formula is C12H19ClN2. The summed E-state index contributed by atoms with van der Waals surface area (Å²) in [6.45, 7) is 5.41. The van der Waals surface area contributed by atoms with E-state index in [0.717, 1.165) is 19.4 Å². The molecule has 0 aliphatic heterocycles. The van der Waals surface area contributed by atoms with Crippen molar-refractivity contribution in [3.05, 3.63) is 18.0 Å². The summed E-state index contributed by atoms with van der Waals surface area (Å²) >= 11 is 6.17.